The first kappa shape index (κ1) is 21.3. The number of aliphatic hydroxyl groups is 1. The zero-order valence-corrected chi connectivity index (χ0v) is 17.3. The summed E-state index contributed by atoms with van der Waals surface area (Å²) in [6.07, 6.45) is 5.84. The van der Waals surface area contributed by atoms with E-state index in [0.717, 1.165) is 31.2 Å². The maximum atomic E-state index is 13.3. The van der Waals surface area contributed by atoms with Gasteiger partial charge in [0.15, 0.2) is 9.84 Å². The van der Waals surface area contributed by atoms with Crippen molar-refractivity contribution in [1.29, 1.82) is 0 Å². The third kappa shape index (κ3) is 5.78. The van der Waals surface area contributed by atoms with E-state index < -0.39 is 9.84 Å². The fourth-order valence-corrected chi connectivity index (χ4v) is 6.24. The summed E-state index contributed by atoms with van der Waals surface area (Å²) in [5.74, 6) is 0.269. The van der Waals surface area contributed by atoms with Gasteiger partial charge >= 0.3 is 0 Å². The summed E-state index contributed by atoms with van der Waals surface area (Å²) in [6, 6.07) is 9.85. The fourth-order valence-electron chi connectivity index (χ4n) is 4.53. The number of nitrogens with zero attached hydrogens (tertiary/aromatic N) is 2. The first-order valence-corrected chi connectivity index (χ1v) is 12.2. The first-order chi connectivity index (χ1) is 13.5. The third-order valence-electron chi connectivity index (χ3n) is 5.88. The van der Waals surface area contributed by atoms with Gasteiger partial charge in [0.2, 0.25) is 5.91 Å². The van der Waals surface area contributed by atoms with Crippen LogP contribution >= 0.6 is 0 Å². The molecule has 1 N–H and O–H groups in total. The van der Waals surface area contributed by atoms with E-state index in [9.17, 15) is 18.3 Å². The molecule has 0 bridgehead atoms. The van der Waals surface area contributed by atoms with Crippen molar-refractivity contribution >= 4 is 15.7 Å². The van der Waals surface area contributed by atoms with E-state index in [1.54, 1.807) is 0 Å². The van der Waals surface area contributed by atoms with Crippen LogP contribution in [0.1, 0.15) is 44.1 Å². The van der Waals surface area contributed by atoms with Gasteiger partial charge in [-0.25, -0.2) is 8.42 Å². The Hall–Kier alpha value is -1.44. The third-order valence-corrected chi connectivity index (χ3v) is 7.63. The molecule has 7 heteroatoms. The van der Waals surface area contributed by atoms with Gasteiger partial charge in [0.1, 0.15) is 0 Å². The molecule has 0 radical (unpaired) electrons. The van der Waals surface area contributed by atoms with Crippen molar-refractivity contribution in [2.45, 2.75) is 57.2 Å². The lowest BCUT2D eigenvalue weighted by atomic mass is 9.92. The van der Waals surface area contributed by atoms with E-state index >= 15 is 0 Å². The second-order valence-corrected chi connectivity index (χ2v) is 10.3. The van der Waals surface area contributed by atoms with Gasteiger partial charge in [-0.15, -0.1) is 0 Å². The zero-order valence-electron chi connectivity index (χ0n) is 16.5. The van der Waals surface area contributed by atoms with E-state index in [0.29, 0.717) is 19.5 Å². The molecule has 1 saturated carbocycles. The molecule has 6 nitrogen and oxygen atoms in total. The van der Waals surface area contributed by atoms with Crippen LogP contribution < -0.4 is 0 Å². The normalized spacial score (nSPS) is 22.4. The highest BCUT2D eigenvalue weighted by Crippen LogP contribution is 2.28. The molecule has 2 fully saturated rings. The Labute approximate surface area is 168 Å². The number of hydrogen-bond acceptors (Lipinski definition) is 5. The summed E-state index contributed by atoms with van der Waals surface area (Å²) in [4.78, 5) is 17.2. The molecular weight excluding hydrogens is 376 g/mol. The summed E-state index contributed by atoms with van der Waals surface area (Å²) < 4.78 is 24.1. The SMILES string of the molecule is O=C(CN(CCO)Cc1ccccc1)N(C1CCCCC1)C1CCS(=O)(=O)C1. The van der Waals surface area contributed by atoms with Crippen LogP contribution in [-0.2, 0) is 21.2 Å². The summed E-state index contributed by atoms with van der Waals surface area (Å²) in [7, 11) is -3.05. The highest BCUT2D eigenvalue weighted by atomic mass is 32.2. The second kappa shape index (κ2) is 9.85. The number of amides is 1. The quantitative estimate of drug-likeness (QED) is 0.710. The minimum atomic E-state index is -3.05. The predicted molar refractivity (Wildman–Crippen MR) is 110 cm³/mol. The Kier molecular flexibility index (Phi) is 7.48. The molecule has 1 atom stereocenters. The summed E-state index contributed by atoms with van der Waals surface area (Å²) in [5, 5.41) is 9.45. The van der Waals surface area contributed by atoms with E-state index in [1.165, 1.54) is 6.42 Å². The topological polar surface area (TPSA) is 77.9 Å². The van der Waals surface area contributed by atoms with Gasteiger partial charge in [0.25, 0.3) is 0 Å². The van der Waals surface area contributed by atoms with Crippen molar-refractivity contribution in [2.24, 2.45) is 0 Å². The predicted octanol–water partition coefficient (Wildman–Crippen LogP) is 1.83. The number of carbonyl (C=O) groups excluding carboxylic acids is 1. The lowest BCUT2D eigenvalue weighted by Crippen LogP contribution is -2.52. The molecule has 1 aromatic carbocycles. The van der Waals surface area contributed by atoms with Crippen molar-refractivity contribution in [3.05, 3.63) is 35.9 Å². The van der Waals surface area contributed by atoms with Crippen molar-refractivity contribution in [2.75, 3.05) is 31.2 Å². The lowest BCUT2D eigenvalue weighted by Gasteiger charge is -2.39. The Morgan fingerprint density at radius 3 is 2.36 bits per heavy atom. The van der Waals surface area contributed by atoms with E-state index in [2.05, 4.69) is 0 Å². The summed E-state index contributed by atoms with van der Waals surface area (Å²) in [6.45, 7) is 1.21. The number of sulfone groups is 1. The summed E-state index contributed by atoms with van der Waals surface area (Å²) >= 11 is 0. The largest absolute Gasteiger partial charge is 0.395 e. The van der Waals surface area contributed by atoms with Crippen LogP contribution in [0, 0.1) is 0 Å². The molecule has 1 unspecified atom stereocenters. The molecule has 0 spiro atoms. The maximum absolute atomic E-state index is 13.3. The van der Waals surface area contributed by atoms with E-state index in [4.69, 9.17) is 0 Å². The highest BCUT2D eigenvalue weighted by molar-refractivity contribution is 7.91. The van der Waals surface area contributed by atoms with Gasteiger partial charge in [-0.05, 0) is 24.8 Å². The Morgan fingerprint density at radius 2 is 1.75 bits per heavy atom. The molecule has 1 saturated heterocycles. The van der Waals surface area contributed by atoms with Gasteiger partial charge in [0.05, 0.1) is 24.7 Å². The molecule has 1 amide bonds. The van der Waals surface area contributed by atoms with Crippen molar-refractivity contribution in [3.8, 4) is 0 Å². The number of benzene rings is 1. The molecule has 0 aromatic heterocycles. The molecule has 1 aliphatic heterocycles. The lowest BCUT2D eigenvalue weighted by molar-refractivity contribution is -0.138. The van der Waals surface area contributed by atoms with Crippen LogP contribution in [0.5, 0.6) is 0 Å². The number of carbonyl (C=O) groups is 1. The van der Waals surface area contributed by atoms with Crippen molar-refractivity contribution < 1.29 is 18.3 Å². The first-order valence-electron chi connectivity index (χ1n) is 10.4. The van der Waals surface area contributed by atoms with Crippen LogP contribution in [0.4, 0.5) is 0 Å². The van der Waals surface area contributed by atoms with Gasteiger partial charge in [0, 0.05) is 25.2 Å². The van der Waals surface area contributed by atoms with Gasteiger partial charge in [-0.1, -0.05) is 49.6 Å². The minimum absolute atomic E-state index is 0.00150. The smallest absolute Gasteiger partial charge is 0.237 e. The Morgan fingerprint density at radius 1 is 1.04 bits per heavy atom. The fraction of sp³-hybridized carbons (Fsp3) is 0.667. The van der Waals surface area contributed by atoms with Gasteiger partial charge in [-0.3, -0.25) is 9.69 Å². The molecule has 156 valence electrons. The standard InChI is InChI=1S/C21H32N2O4S/c24-13-12-22(15-18-7-3-1-4-8-18)16-21(25)23(19-9-5-2-6-10-19)20-11-14-28(26,27)17-20/h1,3-4,7-8,19-20,24H,2,5-6,9-17H2. The molecule has 28 heavy (non-hydrogen) atoms. The summed E-state index contributed by atoms with van der Waals surface area (Å²) in [5.41, 5.74) is 1.09. The highest BCUT2D eigenvalue weighted by Gasteiger charge is 2.38. The van der Waals surface area contributed by atoms with Crippen LogP contribution in [0.3, 0.4) is 0 Å². The average Bonchev–Trinajstić information content (AvgIpc) is 3.03. The van der Waals surface area contributed by atoms with Crippen LogP contribution in [0.25, 0.3) is 0 Å². The zero-order chi connectivity index (χ0) is 20.0. The monoisotopic (exact) mass is 408 g/mol. The van der Waals surface area contributed by atoms with Gasteiger partial charge in [-0.2, -0.15) is 0 Å². The second-order valence-electron chi connectivity index (χ2n) is 8.07. The Balaban J connectivity index is 1.73. The number of rotatable bonds is 8. The molecule has 2 aliphatic rings. The average molecular weight is 409 g/mol. The van der Waals surface area contributed by atoms with E-state index in [-0.39, 0.29) is 42.6 Å². The number of hydrogen-bond donors (Lipinski definition) is 1. The molecular formula is C21H32N2O4S. The van der Waals surface area contributed by atoms with Crippen LogP contribution in [0.15, 0.2) is 30.3 Å². The van der Waals surface area contributed by atoms with Gasteiger partial charge < -0.3 is 10.0 Å². The minimum Gasteiger partial charge on any atom is -0.395 e. The Bertz CT molecular complexity index is 732. The molecule has 1 heterocycles. The van der Waals surface area contributed by atoms with E-state index in [1.807, 2.05) is 40.1 Å². The maximum Gasteiger partial charge on any atom is 0.237 e. The molecule has 1 aliphatic carbocycles. The molecule has 3 rings (SSSR count). The van der Waals surface area contributed by atoms with Crippen molar-refractivity contribution in [3.63, 3.8) is 0 Å². The van der Waals surface area contributed by atoms with Crippen LogP contribution in [-0.4, -0.2) is 72.5 Å². The number of aliphatic hydroxyl groups excluding tert-OH is 1. The van der Waals surface area contributed by atoms with Crippen molar-refractivity contribution in [1.82, 2.24) is 9.80 Å². The molecule has 1 aromatic rings. The van der Waals surface area contributed by atoms with Crippen LogP contribution in [0.2, 0.25) is 0 Å².